The quantitative estimate of drug-likeness (QED) is 0.169. The van der Waals surface area contributed by atoms with Crippen LogP contribution in [0.4, 0.5) is 0 Å². The minimum Gasteiger partial charge on any atom is -0.459 e. The van der Waals surface area contributed by atoms with Gasteiger partial charge in [0.1, 0.15) is 13.2 Å². The van der Waals surface area contributed by atoms with Crippen LogP contribution in [-0.4, -0.2) is 93.8 Å². The van der Waals surface area contributed by atoms with Crippen molar-refractivity contribution in [2.24, 2.45) is 9.98 Å². The van der Waals surface area contributed by atoms with E-state index < -0.39 is 22.4 Å². The molecule has 0 bridgehead atoms. The van der Waals surface area contributed by atoms with E-state index >= 15 is 0 Å². The van der Waals surface area contributed by atoms with Gasteiger partial charge in [0.2, 0.25) is 10.2 Å². The van der Waals surface area contributed by atoms with Gasteiger partial charge in [0.05, 0.1) is 36.9 Å². The Morgan fingerprint density at radius 2 is 1.24 bits per heavy atom. The van der Waals surface area contributed by atoms with Crippen LogP contribution >= 0.6 is 47.0 Å². The molecule has 0 radical (unpaired) electrons. The van der Waals surface area contributed by atoms with E-state index in [1.54, 1.807) is 0 Å². The monoisotopic (exact) mass is 652 g/mol. The number of nitrogens with zero attached hydrogens (tertiary/aromatic N) is 2. The Kier molecular flexibility index (Phi) is 15.5. The molecular formula is C28H32N2O8S4. The first-order chi connectivity index (χ1) is 20.4. The van der Waals surface area contributed by atoms with Gasteiger partial charge >= 0.3 is 11.9 Å². The van der Waals surface area contributed by atoms with E-state index in [0.717, 1.165) is 46.2 Å². The molecule has 3 rings (SSSR count). The summed E-state index contributed by atoms with van der Waals surface area (Å²) in [5, 5.41) is -0.578. The van der Waals surface area contributed by atoms with Crippen molar-refractivity contribution in [2.75, 3.05) is 51.0 Å². The van der Waals surface area contributed by atoms with Crippen LogP contribution in [0.3, 0.4) is 0 Å². The Hall–Kier alpha value is -2.36. The number of benzene rings is 1. The molecule has 226 valence electrons. The predicted octanol–water partition coefficient (Wildman–Crippen LogP) is 3.73. The Bertz CT molecular complexity index is 1120. The molecule has 42 heavy (non-hydrogen) atoms. The molecule has 1 aromatic rings. The van der Waals surface area contributed by atoms with Crippen molar-refractivity contribution in [3.8, 4) is 0 Å². The molecule has 0 aromatic heterocycles. The molecule has 0 amide bonds. The highest BCUT2D eigenvalue weighted by Gasteiger charge is 2.23. The first-order valence-electron chi connectivity index (χ1n) is 13.0. The van der Waals surface area contributed by atoms with Crippen LogP contribution in [0.25, 0.3) is 0 Å². The van der Waals surface area contributed by atoms with Crippen LogP contribution < -0.4 is 0 Å². The smallest absolute Gasteiger partial charge is 0.363 e. The Morgan fingerprint density at radius 1 is 0.786 bits per heavy atom. The number of carbonyl (C=O) groups is 4. The lowest BCUT2D eigenvalue weighted by Crippen LogP contribution is -2.25. The van der Waals surface area contributed by atoms with Crippen molar-refractivity contribution in [1.82, 2.24) is 0 Å². The molecule has 0 spiro atoms. The van der Waals surface area contributed by atoms with Gasteiger partial charge in [-0.25, -0.2) is 9.59 Å². The largest absolute Gasteiger partial charge is 0.459 e. The number of hydrogen-bond donors (Lipinski definition) is 0. The van der Waals surface area contributed by atoms with Gasteiger partial charge in [-0.2, -0.15) is 0 Å². The lowest BCUT2D eigenvalue weighted by atomic mass is 10.1. The average molecular weight is 653 g/mol. The van der Waals surface area contributed by atoms with Crippen LogP contribution in [0.5, 0.6) is 0 Å². The fourth-order valence-corrected chi connectivity index (χ4v) is 6.38. The SMILES string of the molecule is C=CC(=O)SC(COCc1cccc(COCC(COC(=O)C2=NCCS2)SC(=O)C=C)c1)COC(=O)C1=NCCS1. The molecule has 0 N–H and O–H groups in total. The maximum Gasteiger partial charge on any atom is 0.363 e. The standard InChI is InChI=1S/C28H32N2O8S4/c1-3-23(31)41-21(17-37-27(33)25-29-8-10-39-25)15-35-13-19-6-5-7-20(12-19)14-36-16-22(42-24(32)4-2)18-38-28(34)26-30-9-11-40-26/h3-7,12,21-22H,1-2,8-11,13-18H2. The van der Waals surface area contributed by atoms with Crippen molar-refractivity contribution >= 4 is 79.3 Å². The third kappa shape index (κ3) is 12.5. The molecule has 0 fully saturated rings. The maximum absolute atomic E-state index is 12.2. The van der Waals surface area contributed by atoms with Crippen molar-refractivity contribution in [1.29, 1.82) is 0 Å². The third-order valence-electron chi connectivity index (χ3n) is 5.36. The van der Waals surface area contributed by atoms with Gasteiger partial charge in [0.15, 0.2) is 10.1 Å². The molecule has 14 heteroatoms. The summed E-state index contributed by atoms with van der Waals surface area (Å²) in [7, 11) is 0. The first kappa shape index (κ1) is 34.1. The van der Waals surface area contributed by atoms with Gasteiger partial charge in [-0.3, -0.25) is 19.6 Å². The van der Waals surface area contributed by atoms with Gasteiger partial charge in [-0.15, -0.1) is 0 Å². The second-order valence-electron chi connectivity index (χ2n) is 8.64. The summed E-state index contributed by atoms with van der Waals surface area (Å²) in [4.78, 5) is 56.4. The number of hydrogen-bond acceptors (Lipinski definition) is 14. The Morgan fingerprint density at radius 3 is 1.62 bits per heavy atom. The van der Waals surface area contributed by atoms with Crippen molar-refractivity contribution in [2.45, 2.75) is 23.7 Å². The van der Waals surface area contributed by atoms with Gasteiger partial charge in [0.25, 0.3) is 0 Å². The summed E-state index contributed by atoms with van der Waals surface area (Å²) in [5.41, 5.74) is 1.78. The summed E-state index contributed by atoms with van der Waals surface area (Å²) >= 11 is 4.71. The lowest BCUT2D eigenvalue weighted by molar-refractivity contribution is -0.136. The number of aliphatic imine (C=N–C) groups is 2. The van der Waals surface area contributed by atoms with Gasteiger partial charge < -0.3 is 18.9 Å². The minimum absolute atomic E-state index is 0.00629. The molecular weight excluding hydrogens is 621 g/mol. The molecule has 10 nitrogen and oxygen atoms in total. The van der Waals surface area contributed by atoms with Crippen molar-refractivity contribution in [3.63, 3.8) is 0 Å². The molecule has 0 aliphatic carbocycles. The fraction of sp³-hybridized carbons (Fsp3) is 0.429. The Labute approximate surface area is 261 Å². The second kappa shape index (κ2) is 19.0. The lowest BCUT2D eigenvalue weighted by Gasteiger charge is -2.16. The van der Waals surface area contributed by atoms with Crippen LogP contribution in [0.2, 0.25) is 0 Å². The molecule has 0 saturated heterocycles. The third-order valence-corrected chi connectivity index (χ3v) is 9.28. The van der Waals surface area contributed by atoms with E-state index in [1.807, 2.05) is 24.3 Å². The average Bonchev–Trinajstić information content (AvgIpc) is 3.74. The number of rotatable bonds is 18. The van der Waals surface area contributed by atoms with Crippen LogP contribution in [0.1, 0.15) is 11.1 Å². The minimum atomic E-state index is -0.489. The highest BCUT2D eigenvalue weighted by Crippen LogP contribution is 2.19. The molecule has 2 atom stereocenters. The Balaban J connectivity index is 1.45. The topological polar surface area (TPSA) is 130 Å². The summed E-state index contributed by atoms with van der Waals surface area (Å²) < 4.78 is 22.4. The zero-order valence-electron chi connectivity index (χ0n) is 22.9. The summed E-state index contributed by atoms with van der Waals surface area (Å²) in [6, 6.07) is 7.61. The van der Waals surface area contributed by atoms with E-state index in [-0.39, 0.29) is 49.9 Å². The second-order valence-corrected chi connectivity index (χ2v) is 13.4. The number of carbonyl (C=O) groups excluding carboxylic acids is 4. The van der Waals surface area contributed by atoms with Crippen molar-refractivity contribution < 1.29 is 38.1 Å². The van der Waals surface area contributed by atoms with Crippen LogP contribution in [-0.2, 0) is 51.3 Å². The van der Waals surface area contributed by atoms with Crippen molar-refractivity contribution in [3.05, 3.63) is 60.7 Å². The number of thioether (sulfide) groups is 4. The molecule has 0 saturated carbocycles. The first-order valence-corrected chi connectivity index (χ1v) is 16.7. The summed E-state index contributed by atoms with van der Waals surface area (Å²) in [6.07, 6.45) is 2.42. The molecule has 2 aliphatic heterocycles. The van der Waals surface area contributed by atoms with E-state index in [0.29, 0.717) is 23.2 Å². The molecule has 2 unspecified atom stereocenters. The fourth-order valence-electron chi connectivity index (χ4n) is 3.46. The predicted molar refractivity (Wildman–Crippen MR) is 170 cm³/mol. The number of esters is 2. The maximum atomic E-state index is 12.2. The highest BCUT2D eigenvalue weighted by molar-refractivity contribution is 8.16. The van der Waals surface area contributed by atoms with E-state index in [1.165, 1.54) is 35.7 Å². The van der Waals surface area contributed by atoms with E-state index in [4.69, 9.17) is 18.9 Å². The molecule has 1 aromatic carbocycles. The highest BCUT2D eigenvalue weighted by atomic mass is 32.2. The van der Waals surface area contributed by atoms with E-state index in [2.05, 4.69) is 23.1 Å². The number of ether oxygens (including phenoxy) is 4. The van der Waals surface area contributed by atoms with E-state index in [9.17, 15) is 19.2 Å². The van der Waals surface area contributed by atoms with Gasteiger partial charge in [0, 0.05) is 24.6 Å². The molecule has 2 aliphatic rings. The summed E-state index contributed by atoms with van der Waals surface area (Å²) in [6.45, 7) is 9.09. The molecule has 2 heterocycles. The van der Waals surface area contributed by atoms with Gasteiger partial charge in [-0.05, 0) is 23.3 Å². The van der Waals surface area contributed by atoms with Gasteiger partial charge in [-0.1, -0.05) is 84.5 Å². The summed E-state index contributed by atoms with van der Waals surface area (Å²) in [5.74, 6) is 0.531. The zero-order valence-corrected chi connectivity index (χ0v) is 26.2. The zero-order chi connectivity index (χ0) is 30.2. The van der Waals surface area contributed by atoms with Crippen LogP contribution in [0, 0.1) is 0 Å². The van der Waals surface area contributed by atoms with Crippen LogP contribution in [0.15, 0.2) is 59.6 Å². The normalized spacial score (nSPS) is 15.7.